The molecule has 0 saturated heterocycles. The van der Waals surface area contributed by atoms with Crippen LogP contribution in [0.5, 0.6) is 28.7 Å². The molecule has 0 atom stereocenters. The van der Waals surface area contributed by atoms with Crippen LogP contribution in [-0.2, 0) is 19.2 Å². The molecule has 8 heterocycles. The number of ether oxygens (including phenoxy) is 5. The smallest absolute Gasteiger partial charge is 0.255 e. The number of rotatable bonds is 28. The topological polar surface area (TPSA) is 448 Å². The number of carbonyl (C=O) groups excluding carboxylic acids is 8. The Labute approximate surface area is 852 Å². The van der Waals surface area contributed by atoms with Crippen LogP contribution in [0.3, 0.4) is 0 Å². The van der Waals surface area contributed by atoms with Crippen molar-refractivity contribution in [2.75, 3.05) is 182 Å². The van der Waals surface area contributed by atoms with E-state index in [-0.39, 0.29) is 83.9 Å². The molecule has 39 heteroatoms. The molecule has 6 fully saturated rings. The van der Waals surface area contributed by atoms with Gasteiger partial charge < -0.3 is 116 Å². The predicted octanol–water partition coefficient (Wildman–Crippen LogP) is 14.7. The van der Waals surface area contributed by atoms with Gasteiger partial charge in [0.25, 0.3) is 23.6 Å². The maximum absolute atomic E-state index is 13.3. The summed E-state index contributed by atoms with van der Waals surface area (Å²) in [5.74, 6) is 6.80. The maximum Gasteiger partial charge on any atom is 0.255 e. The molecule has 39 nitrogen and oxygen atoms in total. The van der Waals surface area contributed by atoms with Gasteiger partial charge in [0.1, 0.15) is 51.5 Å². The highest BCUT2D eigenvalue weighted by atomic mass is 16.5. The van der Waals surface area contributed by atoms with Gasteiger partial charge in [-0.2, -0.15) is 19.9 Å². The van der Waals surface area contributed by atoms with Gasteiger partial charge in [0.2, 0.25) is 47.4 Å². The molecule has 6 aliphatic carbocycles. The Morgan fingerprint density at radius 3 is 0.959 bits per heavy atom. The minimum absolute atomic E-state index is 0.0242. The third-order valence-electron chi connectivity index (χ3n) is 29.3. The Hall–Kier alpha value is -14.5. The Morgan fingerprint density at radius 2 is 0.671 bits per heavy atom. The molecule has 9 aromatic rings. The first kappa shape index (κ1) is 104. The SMILES string of the molecule is COc1cc(C(=O)NC(C)C)ccc1Nc1ncc2c(n1)N(C1CCCC1)CC1(CC1)C(=O)N2C.COc1cc(C(=O)NCCCO)ccc1Nc1ncc2c(n1)N(C1CCCC1)CC1(CC1)C(=O)N2C.COc1cc(C(=O)NCCO)ccc1Nc1ncc2c(n1)N(C1CCCC1)CC(C)(C)C(=O)N2C.COc1ccc(NC(=O)c2ccc(Nc3ncc4c(n3)N(C3CCCC3)CC(C)(C)C(=O)N4C)c(OC)c2)cc1. The van der Waals surface area contributed by atoms with Crippen LogP contribution in [0.4, 0.5) is 98.3 Å². The fraction of sp³-hybridized carbons (Fsp3) is 0.495. The summed E-state index contributed by atoms with van der Waals surface area (Å²) in [4.78, 5) is 157. The van der Waals surface area contributed by atoms with E-state index in [4.69, 9.17) is 53.8 Å². The Kier molecular flexibility index (Phi) is 32.2. The quantitative estimate of drug-likeness (QED) is 0.0204. The number of anilines is 17. The van der Waals surface area contributed by atoms with Crippen molar-refractivity contribution in [3.8, 4) is 28.7 Å². The highest BCUT2D eigenvalue weighted by molar-refractivity contribution is 6.07. The summed E-state index contributed by atoms with van der Waals surface area (Å²) in [5.41, 5.74) is 6.20. The summed E-state index contributed by atoms with van der Waals surface area (Å²) in [6, 6.07) is 29.2. The Morgan fingerprint density at radius 1 is 0.377 bits per heavy atom. The van der Waals surface area contributed by atoms with Crippen LogP contribution in [0.15, 0.2) is 122 Å². The van der Waals surface area contributed by atoms with Crippen molar-refractivity contribution in [1.82, 2.24) is 55.8 Å². The van der Waals surface area contributed by atoms with E-state index in [0.29, 0.717) is 178 Å². The van der Waals surface area contributed by atoms with Crippen molar-refractivity contribution in [3.05, 3.63) is 144 Å². The number of fused-ring (bicyclic) bond motifs is 4. The van der Waals surface area contributed by atoms with Gasteiger partial charge in [-0.3, -0.25) is 38.4 Å². The molecule has 776 valence electrons. The number of aliphatic hydroxyl groups excluding tert-OH is 2. The highest BCUT2D eigenvalue weighted by Gasteiger charge is 2.57. The number of benzene rings is 5. The Balaban J connectivity index is 0.000000139. The second-order valence-electron chi connectivity index (χ2n) is 40.9. The lowest BCUT2D eigenvalue weighted by molar-refractivity contribution is -0.126. The fourth-order valence-corrected chi connectivity index (χ4v) is 20.8. The standard InChI is InChI=1S/C30H36N6O4.C26H34N6O4.C26H34N6O3.C25H34N6O4/c1-30(2)18-36(21-8-6-7-9-21)26-24(35(3)28(30)38)17-31-29(34-26)33-23-15-10-19(16-25(23)40-5)27(37)32-20-11-13-22(39-4)14-12-20;1-31-20-15-28-25(29-19-9-8-17(14-21(19)36-2)23(34)27-12-5-13-33)30-22(20)32(18-6-3-4-7-18)16-26(10-11-26)24(31)35;1-16(2)28-23(33)17-9-10-19(21(13-17)35-4)29-25-27-14-20-22(30-25)32(18-7-5-6-8-18)15-26(11-12-26)24(34)31(20)3;1-25(2)15-31(17-7-5-6-8-17)21-19(30(3)23(25)34)14-27-24(29-21)28-18-10-9-16(13-20(18)35-4)22(33)26-11-12-32/h10-17,21H,6-9,18H2,1-5H3,(H,32,37)(H,31,33,34);8-9,14-15,18,33H,3-7,10-13,16H2,1-2H3,(H,27,34)(H,28,29,30);9-10,13-14,16,18H,5-8,11-12,15H2,1-4H3,(H,28,33)(H,27,29,30);9-10,13-14,17,32H,5-8,11-12,15H2,1-4H3,(H,26,33)(H,27,28,29). The molecule has 4 aromatic heterocycles. The van der Waals surface area contributed by atoms with Gasteiger partial charge in [-0.15, -0.1) is 0 Å². The van der Waals surface area contributed by atoms with E-state index >= 15 is 0 Å². The fourth-order valence-electron chi connectivity index (χ4n) is 20.8. The normalized spacial score (nSPS) is 18.0. The predicted molar refractivity (Wildman–Crippen MR) is 563 cm³/mol. The van der Waals surface area contributed by atoms with Crippen LogP contribution in [0.1, 0.15) is 218 Å². The monoisotopic (exact) mass is 2000 g/mol. The molecule has 6 saturated carbocycles. The summed E-state index contributed by atoms with van der Waals surface area (Å²) < 4.78 is 27.4. The van der Waals surface area contributed by atoms with Crippen molar-refractivity contribution >= 4 is 146 Å². The first-order chi connectivity index (χ1) is 70.2. The number of amides is 8. The molecule has 5 aromatic carbocycles. The summed E-state index contributed by atoms with van der Waals surface area (Å²) >= 11 is 0. The first-order valence-electron chi connectivity index (χ1n) is 50.7. The van der Waals surface area contributed by atoms with Crippen molar-refractivity contribution in [1.29, 1.82) is 0 Å². The highest BCUT2D eigenvalue weighted by Crippen LogP contribution is 2.56. The van der Waals surface area contributed by atoms with E-state index in [1.165, 1.54) is 58.5 Å². The molecule has 146 heavy (non-hydrogen) atoms. The van der Waals surface area contributed by atoms with Crippen molar-refractivity contribution in [2.24, 2.45) is 21.7 Å². The number of carbonyl (C=O) groups is 8. The van der Waals surface area contributed by atoms with Gasteiger partial charge >= 0.3 is 0 Å². The van der Waals surface area contributed by atoms with Gasteiger partial charge in [-0.25, -0.2) is 19.9 Å². The first-order valence-corrected chi connectivity index (χ1v) is 50.7. The van der Waals surface area contributed by atoms with Gasteiger partial charge in [0, 0.05) is 132 Å². The minimum Gasteiger partial charge on any atom is -0.497 e. The Bertz CT molecular complexity index is 6270. The molecule has 0 unspecified atom stereocenters. The lowest BCUT2D eigenvalue weighted by Gasteiger charge is -2.34. The van der Waals surface area contributed by atoms with Gasteiger partial charge in [-0.05, 0) is 222 Å². The molecule has 2 spiro atoms. The summed E-state index contributed by atoms with van der Waals surface area (Å²) in [5, 5.41) is 42.0. The van der Waals surface area contributed by atoms with Gasteiger partial charge in [-0.1, -0.05) is 51.4 Å². The second kappa shape index (κ2) is 45.0. The zero-order chi connectivity index (χ0) is 104. The number of aliphatic hydroxyl groups is 2. The van der Waals surface area contributed by atoms with Crippen LogP contribution in [-0.4, -0.2) is 244 Å². The van der Waals surface area contributed by atoms with Crippen molar-refractivity contribution in [3.63, 3.8) is 0 Å². The van der Waals surface area contributed by atoms with Crippen molar-refractivity contribution < 1.29 is 72.3 Å². The lowest BCUT2D eigenvalue weighted by atomic mass is 9.91. The molecule has 8 amide bonds. The van der Waals surface area contributed by atoms with Gasteiger partial charge in [0.05, 0.1) is 111 Å². The average molecular weight is 2000 g/mol. The minimum atomic E-state index is -0.558. The van der Waals surface area contributed by atoms with Crippen LogP contribution >= 0.6 is 0 Å². The number of aromatic nitrogens is 8. The van der Waals surface area contributed by atoms with Crippen LogP contribution in [0.25, 0.3) is 0 Å². The van der Waals surface area contributed by atoms with E-state index in [9.17, 15) is 38.4 Å². The number of hydrogen-bond acceptors (Lipinski definition) is 31. The second-order valence-corrected chi connectivity index (χ2v) is 40.9. The van der Waals surface area contributed by atoms with Gasteiger partial charge in [0.15, 0.2) is 23.3 Å². The van der Waals surface area contributed by atoms with Crippen LogP contribution in [0, 0.1) is 21.7 Å². The third-order valence-corrected chi connectivity index (χ3v) is 29.3. The summed E-state index contributed by atoms with van der Waals surface area (Å²) in [6.45, 7) is 14.9. The number of methoxy groups -OCH3 is 5. The molecular weight excluding hydrogens is 1860 g/mol. The van der Waals surface area contributed by atoms with E-state index in [1.807, 2.05) is 55.6 Å². The number of nitrogens with one attached hydrogen (secondary N) is 8. The molecule has 0 radical (unpaired) electrons. The maximum atomic E-state index is 13.3. The molecule has 19 rings (SSSR count). The average Bonchev–Trinajstić information content (AvgIpc) is 1.57. The zero-order valence-corrected chi connectivity index (χ0v) is 86.3. The van der Waals surface area contributed by atoms with Crippen LogP contribution < -0.4 is 105 Å². The molecule has 10 aliphatic rings. The third kappa shape index (κ3) is 23.1. The molecule has 10 N–H and O–H groups in total. The number of hydrogen-bond donors (Lipinski definition) is 10. The van der Waals surface area contributed by atoms with Crippen molar-refractivity contribution in [2.45, 2.75) is 207 Å². The lowest BCUT2D eigenvalue weighted by Crippen LogP contribution is -2.45. The van der Waals surface area contributed by atoms with E-state index in [1.54, 1.807) is 184 Å². The zero-order valence-electron chi connectivity index (χ0n) is 86.3. The van der Waals surface area contributed by atoms with E-state index in [0.717, 1.165) is 112 Å². The number of nitrogens with zero attached hydrogens (tertiary/aromatic N) is 16. The molecular formula is C107H138N24O15. The summed E-state index contributed by atoms with van der Waals surface area (Å²) in [7, 11) is 15.0. The molecule has 0 bridgehead atoms. The van der Waals surface area contributed by atoms with E-state index in [2.05, 4.69) is 82.1 Å². The van der Waals surface area contributed by atoms with E-state index < -0.39 is 10.8 Å². The largest absolute Gasteiger partial charge is 0.497 e. The van der Waals surface area contributed by atoms with Crippen LogP contribution in [0.2, 0.25) is 0 Å². The summed E-state index contributed by atoms with van der Waals surface area (Å²) in [6.07, 6.45) is 29.3. The molecule has 4 aliphatic heterocycles.